The van der Waals surface area contributed by atoms with Gasteiger partial charge in [0.25, 0.3) is 5.91 Å². The number of amides is 1. The van der Waals surface area contributed by atoms with Crippen LogP contribution in [0.25, 0.3) is 17.0 Å². The lowest BCUT2D eigenvalue weighted by Crippen LogP contribution is -2.13. The molecule has 2 aromatic heterocycles. The molecule has 0 aliphatic heterocycles. The summed E-state index contributed by atoms with van der Waals surface area (Å²) < 4.78 is 6.12. The van der Waals surface area contributed by atoms with E-state index in [1.54, 1.807) is 30.3 Å². The summed E-state index contributed by atoms with van der Waals surface area (Å²) in [6.07, 6.45) is 0. The largest absolute Gasteiger partial charge is 0.465 e. The minimum Gasteiger partial charge on any atom is -0.465 e. The number of rotatable bonds is 4. The molecule has 4 rings (SSSR count). The van der Waals surface area contributed by atoms with Gasteiger partial charge in [-0.15, -0.1) is 9.73 Å². The molecule has 170 valence electrons. The topological polar surface area (TPSA) is 101 Å². The van der Waals surface area contributed by atoms with Crippen LogP contribution in [0.4, 0.5) is 5.69 Å². The van der Waals surface area contributed by atoms with Crippen LogP contribution in [0.3, 0.4) is 0 Å². The predicted octanol–water partition coefficient (Wildman–Crippen LogP) is 5.37. The molecule has 8 nitrogen and oxygen atoms in total. The predicted molar refractivity (Wildman–Crippen MR) is 127 cm³/mol. The molecular weight excluding hydrogens is 465 g/mol. The number of ether oxygens (including phenoxy) is 1. The molecule has 0 aliphatic carbocycles. The summed E-state index contributed by atoms with van der Waals surface area (Å²) in [5, 5.41) is 12.7. The molecule has 0 saturated heterocycles. The summed E-state index contributed by atoms with van der Waals surface area (Å²) in [5.41, 5.74) is 2.91. The minimum absolute atomic E-state index is 0.233. The van der Waals surface area contributed by atoms with Crippen LogP contribution >= 0.6 is 23.2 Å². The second-order valence-electron chi connectivity index (χ2n) is 8.44. The molecule has 33 heavy (non-hydrogen) atoms. The fraction of sp³-hybridized carbons (Fsp3) is 0.217. The molecule has 0 atom stereocenters. The van der Waals surface area contributed by atoms with Gasteiger partial charge in [-0.05, 0) is 42.5 Å². The fourth-order valence-corrected chi connectivity index (χ4v) is 3.91. The lowest BCUT2D eigenvalue weighted by atomic mass is 9.92. The maximum atomic E-state index is 12.7. The minimum atomic E-state index is -0.469. The molecule has 0 unspecified atom stereocenters. The zero-order valence-corrected chi connectivity index (χ0v) is 19.9. The standard InChI is InChI=1S/C23H21Cl2N5O3/c1-23(2,3)18-17(25)20-27-19(29-30(20)28-18)15-11-14(9-10-16(15)24)26-21(31)12-5-7-13(8-6-12)22(32)33-4/h5-11H,1-4H3,(H,26,31)(H,27,29). The number of benzene rings is 2. The zero-order chi connectivity index (χ0) is 23.9. The van der Waals surface area contributed by atoms with Crippen LogP contribution in [-0.2, 0) is 10.2 Å². The number of carbonyl (C=O) groups is 2. The van der Waals surface area contributed by atoms with Crippen LogP contribution in [-0.4, -0.2) is 38.8 Å². The zero-order valence-electron chi connectivity index (χ0n) is 18.4. The molecule has 2 N–H and O–H groups in total. The lowest BCUT2D eigenvalue weighted by molar-refractivity contribution is 0.0600. The monoisotopic (exact) mass is 485 g/mol. The van der Waals surface area contributed by atoms with Gasteiger partial charge in [-0.2, -0.15) is 5.10 Å². The molecule has 1 amide bonds. The molecule has 0 fully saturated rings. The van der Waals surface area contributed by atoms with Gasteiger partial charge in [-0.1, -0.05) is 44.0 Å². The quantitative estimate of drug-likeness (QED) is 0.378. The van der Waals surface area contributed by atoms with Gasteiger partial charge in [0, 0.05) is 22.2 Å². The van der Waals surface area contributed by atoms with E-state index in [9.17, 15) is 9.59 Å². The fourth-order valence-electron chi connectivity index (χ4n) is 3.26. The van der Waals surface area contributed by atoms with Gasteiger partial charge in [0.2, 0.25) is 0 Å². The number of anilines is 1. The van der Waals surface area contributed by atoms with Crippen molar-refractivity contribution in [1.82, 2.24) is 19.8 Å². The van der Waals surface area contributed by atoms with Crippen molar-refractivity contribution in [3.05, 3.63) is 69.3 Å². The maximum absolute atomic E-state index is 12.7. The number of aromatic amines is 1. The van der Waals surface area contributed by atoms with Gasteiger partial charge in [0.1, 0.15) is 5.02 Å². The Kier molecular flexibility index (Phi) is 5.90. The van der Waals surface area contributed by atoms with E-state index in [-0.39, 0.29) is 11.3 Å². The van der Waals surface area contributed by atoms with E-state index in [4.69, 9.17) is 23.2 Å². The molecule has 0 saturated carbocycles. The Bertz CT molecular complexity index is 1370. The molecule has 4 aromatic rings. The summed E-state index contributed by atoms with van der Waals surface area (Å²) in [6.45, 7) is 6.06. The first-order chi connectivity index (χ1) is 15.6. The van der Waals surface area contributed by atoms with Crippen molar-refractivity contribution in [2.75, 3.05) is 12.4 Å². The van der Waals surface area contributed by atoms with Crippen LogP contribution in [0.5, 0.6) is 0 Å². The Labute approximate surface area is 199 Å². The van der Waals surface area contributed by atoms with E-state index >= 15 is 0 Å². The molecule has 10 heteroatoms. The van der Waals surface area contributed by atoms with Crippen molar-refractivity contribution in [1.29, 1.82) is 0 Å². The number of fused-ring (bicyclic) bond motifs is 1. The highest BCUT2D eigenvalue weighted by molar-refractivity contribution is 6.34. The van der Waals surface area contributed by atoms with Crippen molar-refractivity contribution in [3.8, 4) is 11.4 Å². The maximum Gasteiger partial charge on any atom is 0.337 e. The van der Waals surface area contributed by atoms with E-state index in [1.807, 2.05) is 20.8 Å². The van der Waals surface area contributed by atoms with E-state index in [0.29, 0.717) is 43.9 Å². The first-order valence-corrected chi connectivity index (χ1v) is 10.8. The van der Waals surface area contributed by atoms with Crippen LogP contribution < -0.4 is 5.32 Å². The van der Waals surface area contributed by atoms with Gasteiger partial charge in [-0.25, -0.2) is 4.79 Å². The third-order valence-corrected chi connectivity index (χ3v) is 5.69. The van der Waals surface area contributed by atoms with Gasteiger partial charge in [0.05, 0.1) is 23.4 Å². The van der Waals surface area contributed by atoms with Gasteiger partial charge >= 0.3 is 5.97 Å². The first kappa shape index (κ1) is 22.8. The van der Waals surface area contributed by atoms with E-state index in [0.717, 1.165) is 5.69 Å². The molecule has 2 aromatic carbocycles. The van der Waals surface area contributed by atoms with Crippen LogP contribution in [0.15, 0.2) is 42.5 Å². The number of nitrogens with one attached hydrogen (secondary N) is 2. The molecule has 2 heterocycles. The second-order valence-corrected chi connectivity index (χ2v) is 9.23. The smallest absolute Gasteiger partial charge is 0.337 e. The molecule has 0 aliphatic rings. The first-order valence-electron chi connectivity index (χ1n) is 10.0. The SMILES string of the molecule is COC(=O)c1ccc(C(=O)Nc2ccc(Cl)c(-c3nn4nc(C(C)(C)C)c(Cl)c4[nH]3)c2)cc1. The van der Waals surface area contributed by atoms with Crippen molar-refractivity contribution < 1.29 is 14.3 Å². The Morgan fingerprint density at radius 1 is 1.03 bits per heavy atom. The van der Waals surface area contributed by atoms with Crippen molar-refractivity contribution in [3.63, 3.8) is 0 Å². The number of aromatic nitrogens is 4. The van der Waals surface area contributed by atoms with Crippen molar-refractivity contribution in [2.24, 2.45) is 0 Å². The number of methoxy groups -OCH3 is 1. The van der Waals surface area contributed by atoms with Crippen molar-refractivity contribution >= 4 is 46.4 Å². The molecule has 0 radical (unpaired) electrons. The highest BCUT2D eigenvalue weighted by Crippen LogP contribution is 2.34. The number of hydrogen-bond acceptors (Lipinski definition) is 5. The number of esters is 1. The van der Waals surface area contributed by atoms with E-state index in [2.05, 4.69) is 25.2 Å². The lowest BCUT2D eigenvalue weighted by Gasteiger charge is -2.14. The summed E-state index contributed by atoms with van der Waals surface area (Å²) in [6, 6.07) is 11.2. The number of carbonyl (C=O) groups excluding carboxylic acids is 2. The van der Waals surface area contributed by atoms with Crippen molar-refractivity contribution in [2.45, 2.75) is 26.2 Å². The van der Waals surface area contributed by atoms with E-state index in [1.165, 1.54) is 23.9 Å². The molecular formula is C23H21Cl2N5O3. The third-order valence-electron chi connectivity index (χ3n) is 5.00. The van der Waals surface area contributed by atoms with E-state index < -0.39 is 5.97 Å². The number of H-pyrrole nitrogens is 1. The Hall–Kier alpha value is -3.36. The average Bonchev–Trinajstić information content (AvgIpc) is 3.33. The normalized spacial score (nSPS) is 11.6. The summed E-state index contributed by atoms with van der Waals surface area (Å²) in [5.74, 6) is -0.348. The molecule has 0 bridgehead atoms. The summed E-state index contributed by atoms with van der Waals surface area (Å²) in [4.78, 5) is 27.4. The van der Waals surface area contributed by atoms with Crippen LogP contribution in [0, 0.1) is 0 Å². The van der Waals surface area contributed by atoms with Gasteiger partial charge in [-0.3, -0.25) is 4.79 Å². The Balaban J connectivity index is 1.60. The number of hydrogen-bond donors (Lipinski definition) is 2. The summed E-state index contributed by atoms with van der Waals surface area (Å²) in [7, 11) is 1.30. The second kappa shape index (κ2) is 8.53. The summed E-state index contributed by atoms with van der Waals surface area (Å²) >= 11 is 12.9. The van der Waals surface area contributed by atoms with Crippen LogP contribution in [0.2, 0.25) is 10.0 Å². The average molecular weight is 486 g/mol. The Morgan fingerprint density at radius 2 is 1.70 bits per heavy atom. The van der Waals surface area contributed by atoms with Gasteiger partial charge in [0.15, 0.2) is 11.5 Å². The highest BCUT2D eigenvalue weighted by atomic mass is 35.5. The van der Waals surface area contributed by atoms with Gasteiger partial charge < -0.3 is 15.0 Å². The number of nitrogens with zero attached hydrogens (tertiary/aromatic N) is 3. The third kappa shape index (κ3) is 4.44. The Morgan fingerprint density at radius 3 is 2.30 bits per heavy atom. The highest BCUT2D eigenvalue weighted by Gasteiger charge is 2.25. The van der Waals surface area contributed by atoms with Crippen LogP contribution in [0.1, 0.15) is 47.2 Å². The molecule has 0 spiro atoms. The number of halogens is 2.